The van der Waals surface area contributed by atoms with Gasteiger partial charge in [-0.1, -0.05) is 108 Å². The van der Waals surface area contributed by atoms with Gasteiger partial charge in [-0.2, -0.15) is 0 Å². The Bertz CT molecular complexity index is 1290. The fourth-order valence-electron chi connectivity index (χ4n) is 7.94. The molecule has 2 N–H and O–H groups in total. The zero-order valence-corrected chi connectivity index (χ0v) is 28.2. The van der Waals surface area contributed by atoms with Gasteiger partial charge in [-0.05, 0) is 83.6 Å². The van der Waals surface area contributed by atoms with Crippen molar-refractivity contribution in [2.75, 3.05) is 26.4 Å². The molecule has 0 radical (unpaired) electrons. The van der Waals surface area contributed by atoms with Crippen LogP contribution in [0.3, 0.4) is 0 Å². The highest BCUT2D eigenvalue weighted by Crippen LogP contribution is 2.48. The minimum Gasteiger partial charge on any atom is -0.461 e. The van der Waals surface area contributed by atoms with E-state index in [1.165, 1.54) is 82.6 Å². The Labute approximate surface area is 276 Å². The van der Waals surface area contributed by atoms with E-state index in [9.17, 15) is 19.8 Å². The van der Waals surface area contributed by atoms with Crippen molar-refractivity contribution in [3.8, 4) is 0 Å². The quantitative estimate of drug-likeness (QED) is 0.110. The summed E-state index contributed by atoms with van der Waals surface area (Å²) in [7, 11) is 0. The normalized spacial score (nSPS) is 23.3. The predicted molar refractivity (Wildman–Crippen MR) is 185 cm³/mol. The van der Waals surface area contributed by atoms with Gasteiger partial charge in [0.05, 0.1) is 30.3 Å². The molecule has 2 fully saturated rings. The van der Waals surface area contributed by atoms with Gasteiger partial charge < -0.3 is 19.7 Å². The SMILES string of the molecule is C=C(CO)C(=O)OCC(COC(=O)C(=C)CO)c1ccc2cc(C3CCC(C4CCC(CCCCC)CC4)CC3CC)ccc2c1. The van der Waals surface area contributed by atoms with Crippen LogP contribution in [-0.2, 0) is 19.1 Å². The fraction of sp³-hybridized carbons (Fsp3) is 0.600. The molecule has 0 bridgehead atoms. The number of fused-ring (bicyclic) bond motifs is 1. The van der Waals surface area contributed by atoms with Crippen molar-refractivity contribution >= 4 is 22.7 Å². The molecule has 0 spiro atoms. The second-order valence-electron chi connectivity index (χ2n) is 13.9. The molecule has 2 saturated carbocycles. The largest absolute Gasteiger partial charge is 0.461 e. The number of hydrogen-bond acceptors (Lipinski definition) is 6. The van der Waals surface area contributed by atoms with Crippen LogP contribution in [0.4, 0.5) is 0 Å². The number of ether oxygens (including phenoxy) is 2. The summed E-state index contributed by atoms with van der Waals surface area (Å²) in [6.07, 6.45) is 16.5. The zero-order valence-electron chi connectivity index (χ0n) is 28.2. The first-order valence-electron chi connectivity index (χ1n) is 17.7. The molecule has 6 heteroatoms. The highest BCUT2D eigenvalue weighted by Gasteiger charge is 2.35. The highest BCUT2D eigenvalue weighted by atomic mass is 16.5. The Morgan fingerprint density at radius 1 is 0.804 bits per heavy atom. The summed E-state index contributed by atoms with van der Waals surface area (Å²) in [6.45, 7) is 10.6. The number of esters is 2. The molecule has 3 unspecified atom stereocenters. The summed E-state index contributed by atoms with van der Waals surface area (Å²) in [5.41, 5.74) is 2.20. The van der Waals surface area contributed by atoms with Crippen molar-refractivity contribution in [2.24, 2.45) is 23.7 Å². The summed E-state index contributed by atoms with van der Waals surface area (Å²) >= 11 is 0. The number of hydrogen-bond donors (Lipinski definition) is 2. The third-order valence-corrected chi connectivity index (χ3v) is 10.9. The molecule has 2 aromatic rings. The van der Waals surface area contributed by atoms with E-state index in [-0.39, 0.29) is 24.4 Å². The standard InChI is InChI=1S/C40H56O6/c1-5-7-8-9-29-10-12-31(13-11-29)32-18-19-38(30(6-2)20-32)36-17-16-33-21-35(15-14-34(33)22-36)37(25-45-39(43)27(3)23-41)26-46-40(44)28(4)24-42/h14-17,21-22,29-32,37-38,41-42H,3-13,18-20,23-26H2,1-2H3. The average molecular weight is 633 g/mol. The highest BCUT2D eigenvalue weighted by molar-refractivity contribution is 5.88. The van der Waals surface area contributed by atoms with Crippen LogP contribution in [0.5, 0.6) is 0 Å². The first-order valence-corrected chi connectivity index (χ1v) is 17.7. The van der Waals surface area contributed by atoms with Gasteiger partial charge in [0.15, 0.2) is 0 Å². The lowest BCUT2D eigenvalue weighted by Gasteiger charge is -2.42. The van der Waals surface area contributed by atoms with Crippen LogP contribution >= 0.6 is 0 Å². The summed E-state index contributed by atoms with van der Waals surface area (Å²) in [6, 6.07) is 13.0. The van der Waals surface area contributed by atoms with E-state index >= 15 is 0 Å². The van der Waals surface area contributed by atoms with E-state index in [0.717, 1.165) is 34.1 Å². The number of carbonyl (C=O) groups excluding carboxylic acids is 2. The maximum absolute atomic E-state index is 12.2. The minimum atomic E-state index is -0.695. The molecule has 2 aliphatic rings. The molecular formula is C40H56O6. The Morgan fingerprint density at radius 2 is 1.41 bits per heavy atom. The van der Waals surface area contributed by atoms with Gasteiger partial charge in [0.25, 0.3) is 0 Å². The van der Waals surface area contributed by atoms with Crippen LogP contribution in [-0.4, -0.2) is 48.6 Å². The van der Waals surface area contributed by atoms with Crippen LogP contribution in [0, 0.1) is 23.7 Å². The molecule has 3 atom stereocenters. The number of aliphatic hydroxyl groups excluding tert-OH is 2. The van der Waals surface area contributed by atoms with Gasteiger partial charge in [0.2, 0.25) is 0 Å². The molecular weight excluding hydrogens is 576 g/mol. The molecule has 4 rings (SSSR count). The first-order chi connectivity index (χ1) is 22.3. The summed E-state index contributed by atoms with van der Waals surface area (Å²) in [5.74, 6) is 2.24. The van der Waals surface area contributed by atoms with E-state index in [1.807, 2.05) is 6.07 Å². The predicted octanol–water partition coefficient (Wildman–Crippen LogP) is 8.40. The van der Waals surface area contributed by atoms with E-state index in [0.29, 0.717) is 11.8 Å². The maximum Gasteiger partial charge on any atom is 0.335 e. The summed E-state index contributed by atoms with van der Waals surface area (Å²) in [4.78, 5) is 24.4. The molecule has 252 valence electrons. The van der Waals surface area contributed by atoms with E-state index in [1.54, 1.807) is 0 Å². The van der Waals surface area contributed by atoms with Gasteiger partial charge in [-0.3, -0.25) is 0 Å². The van der Waals surface area contributed by atoms with Gasteiger partial charge in [0.1, 0.15) is 13.2 Å². The van der Waals surface area contributed by atoms with Crippen molar-refractivity contribution in [2.45, 2.75) is 103 Å². The molecule has 0 aromatic heterocycles. The van der Waals surface area contributed by atoms with Crippen molar-refractivity contribution < 1.29 is 29.3 Å². The van der Waals surface area contributed by atoms with Crippen LogP contribution in [0.2, 0.25) is 0 Å². The summed E-state index contributed by atoms with van der Waals surface area (Å²) in [5, 5.41) is 20.7. The van der Waals surface area contributed by atoms with Gasteiger partial charge in [-0.25, -0.2) is 9.59 Å². The number of unbranched alkanes of at least 4 members (excludes halogenated alkanes) is 2. The lowest BCUT2D eigenvalue weighted by molar-refractivity contribution is -0.142. The Balaban J connectivity index is 1.42. The van der Waals surface area contributed by atoms with Crippen LogP contribution in [0.15, 0.2) is 60.7 Å². The van der Waals surface area contributed by atoms with Gasteiger partial charge in [0, 0.05) is 0 Å². The Morgan fingerprint density at radius 3 is 2.02 bits per heavy atom. The number of benzene rings is 2. The lowest BCUT2D eigenvalue weighted by Crippen LogP contribution is -2.30. The monoisotopic (exact) mass is 632 g/mol. The fourth-order valence-corrected chi connectivity index (χ4v) is 7.94. The summed E-state index contributed by atoms with van der Waals surface area (Å²) < 4.78 is 10.8. The zero-order chi connectivity index (χ0) is 33.1. The third kappa shape index (κ3) is 9.54. The minimum absolute atomic E-state index is 0.0416. The van der Waals surface area contributed by atoms with Crippen molar-refractivity contribution in [3.63, 3.8) is 0 Å². The van der Waals surface area contributed by atoms with Gasteiger partial charge >= 0.3 is 11.9 Å². The molecule has 0 aliphatic heterocycles. The van der Waals surface area contributed by atoms with E-state index in [4.69, 9.17) is 9.47 Å². The van der Waals surface area contributed by atoms with Crippen molar-refractivity contribution in [1.29, 1.82) is 0 Å². The average Bonchev–Trinajstić information content (AvgIpc) is 3.10. The third-order valence-electron chi connectivity index (χ3n) is 10.9. The topological polar surface area (TPSA) is 93.1 Å². The van der Waals surface area contributed by atoms with Crippen molar-refractivity contribution in [1.82, 2.24) is 0 Å². The maximum atomic E-state index is 12.2. The van der Waals surface area contributed by atoms with Crippen LogP contribution in [0.25, 0.3) is 10.8 Å². The molecule has 0 heterocycles. The second-order valence-corrected chi connectivity index (χ2v) is 13.9. The van der Waals surface area contributed by atoms with E-state index < -0.39 is 31.1 Å². The number of carbonyl (C=O) groups is 2. The number of rotatable bonds is 16. The smallest absolute Gasteiger partial charge is 0.335 e. The second kappa shape index (κ2) is 17.8. The molecule has 0 saturated heterocycles. The Hall–Kier alpha value is -2.96. The van der Waals surface area contributed by atoms with Crippen molar-refractivity contribution in [3.05, 3.63) is 71.8 Å². The molecule has 46 heavy (non-hydrogen) atoms. The van der Waals surface area contributed by atoms with Gasteiger partial charge in [-0.15, -0.1) is 0 Å². The first kappa shape index (κ1) is 35.9. The molecule has 6 nitrogen and oxygen atoms in total. The number of aliphatic hydroxyl groups is 2. The van der Waals surface area contributed by atoms with E-state index in [2.05, 4.69) is 57.3 Å². The van der Waals surface area contributed by atoms with Crippen LogP contribution in [0.1, 0.15) is 114 Å². The lowest BCUT2D eigenvalue weighted by atomic mass is 9.63. The molecule has 0 amide bonds. The van der Waals surface area contributed by atoms with Crippen LogP contribution < -0.4 is 0 Å². The Kier molecular flexibility index (Phi) is 13.9. The molecule has 2 aliphatic carbocycles. The molecule has 2 aromatic carbocycles.